The van der Waals surface area contributed by atoms with E-state index in [-0.39, 0.29) is 11.5 Å². The van der Waals surface area contributed by atoms with Gasteiger partial charge in [0.15, 0.2) is 0 Å². The summed E-state index contributed by atoms with van der Waals surface area (Å²) in [6.45, 7) is 1.79. The number of nitrogens with one attached hydrogen (secondary N) is 1. The number of carbonyl (C=O) groups excluding carboxylic acids is 1. The standard InChI is InChI=1S/C15H12ClNO3S/c1-9-8-12(15(19)20)14(21-9)17-13(18)7-4-10-2-5-11(16)6-3-10/h2-8H,1H3,(H,17,18)(H,19,20). The molecule has 0 unspecified atom stereocenters. The quantitative estimate of drug-likeness (QED) is 0.834. The summed E-state index contributed by atoms with van der Waals surface area (Å²) in [5, 5.41) is 12.6. The van der Waals surface area contributed by atoms with Crippen LogP contribution in [0.2, 0.25) is 5.02 Å². The van der Waals surface area contributed by atoms with Crippen LogP contribution in [0.4, 0.5) is 5.00 Å². The van der Waals surface area contributed by atoms with Gasteiger partial charge in [-0.2, -0.15) is 0 Å². The van der Waals surface area contributed by atoms with Crippen LogP contribution in [-0.4, -0.2) is 17.0 Å². The molecule has 0 aliphatic carbocycles. The van der Waals surface area contributed by atoms with Gasteiger partial charge in [-0.25, -0.2) is 4.79 Å². The van der Waals surface area contributed by atoms with Crippen molar-refractivity contribution in [2.24, 2.45) is 0 Å². The average molecular weight is 322 g/mol. The first-order chi connectivity index (χ1) is 9.95. The minimum Gasteiger partial charge on any atom is -0.478 e. The Morgan fingerprint density at radius 1 is 1.29 bits per heavy atom. The van der Waals surface area contributed by atoms with Gasteiger partial charge in [0, 0.05) is 16.0 Å². The van der Waals surface area contributed by atoms with Crippen LogP contribution in [0, 0.1) is 6.92 Å². The number of halogens is 1. The van der Waals surface area contributed by atoms with E-state index in [0.717, 1.165) is 10.4 Å². The van der Waals surface area contributed by atoms with Crippen LogP contribution < -0.4 is 5.32 Å². The normalized spacial score (nSPS) is 10.8. The number of thiophene rings is 1. The van der Waals surface area contributed by atoms with E-state index in [9.17, 15) is 9.59 Å². The van der Waals surface area contributed by atoms with Gasteiger partial charge in [0.1, 0.15) is 5.00 Å². The number of carbonyl (C=O) groups is 2. The lowest BCUT2D eigenvalue weighted by Gasteiger charge is -2.00. The Labute approximate surface area is 130 Å². The van der Waals surface area contributed by atoms with Crippen molar-refractivity contribution < 1.29 is 14.7 Å². The lowest BCUT2D eigenvalue weighted by atomic mass is 10.2. The van der Waals surface area contributed by atoms with Gasteiger partial charge in [-0.3, -0.25) is 4.79 Å². The molecule has 0 radical (unpaired) electrons. The summed E-state index contributed by atoms with van der Waals surface area (Å²) in [6.07, 6.45) is 2.98. The maximum atomic E-state index is 11.8. The highest BCUT2D eigenvalue weighted by Crippen LogP contribution is 2.27. The number of aryl methyl sites for hydroxylation is 1. The molecular weight excluding hydrogens is 310 g/mol. The Morgan fingerprint density at radius 3 is 2.57 bits per heavy atom. The molecule has 0 fully saturated rings. The van der Waals surface area contributed by atoms with Gasteiger partial charge in [0.05, 0.1) is 5.56 Å². The third-order valence-electron chi connectivity index (χ3n) is 2.62. The fraction of sp³-hybridized carbons (Fsp3) is 0.0667. The van der Waals surface area contributed by atoms with E-state index in [2.05, 4.69) is 5.32 Å². The van der Waals surface area contributed by atoms with E-state index < -0.39 is 5.97 Å². The molecule has 1 aromatic carbocycles. The Bertz CT molecular complexity index is 704. The number of carboxylic acid groups (broad SMARTS) is 1. The lowest BCUT2D eigenvalue weighted by Crippen LogP contribution is -2.09. The van der Waals surface area contributed by atoms with Crippen molar-refractivity contribution in [2.75, 3.05) is 5.32 Å². The molecule has 2 aromatic rings. The van der Waals surface area contributed by atoms with Gasteiger partial charge < -0.3 is 10.4 Å². The minimum absolute atomic E-state index is 0.103. The Morgan fingerprint density at radius 2 is 1.95 bits per heavy atom. The van der Waals surface area contributed by atoms with Crippen molar-refractivity contribution in [1.29, 1.82) is 0 Å². The summed E-state index contributed by atoms with van der Waals surface area (Å²) >= 11 is 7.00. The number of hydrogen-bond acceptors (Lipinski definition) is 3. The second-order valence-corrected chi connectivity index (χ2v) is 5.97. The van der Waals surface area contributed by atoms with Crippen LogP contribution in [0.5, 0.6) is 0 Å². The molecule has 1 heterocycles. The second-order valence-electron chi connectivity index (χ2n) is 4.28. The molecule has 0 aliphatic heterocycles. The highest BCUT2D eigenvalue weighted by atomic mass is 35.5. The van der Waals surface area contributed by atoms with E-state index >= 15 is 0 Å². The van der Waals surface area contributed by atoms with E-state index in [4.69, 9.17) is 16.7 Å². The third-order valence-corrected chi connectivity index (χ3v) is 3.84. The number of carboxylic acids is 1. The van der Waals surface area contributed by atoms with Crippen LogP contribution in [0.1, 0.15) is 20.8 Å². The molecule has 0 saturated heterocycles. The Kier molecular flexibility index (Phi) is 4.77. The van der Waals surface area contributed by atoms with E-state index in [0.29, 0.717) is 10.0 Å². The fourth-order valence-corrected chi connectivity index (χ4v) is 2.70. The van der Waals surface area contributed by atoms with Crippen molar-refractivity contribution in [3.05, 3.63) is 57.4 Å². The zero-order valence-corrected chi connectivity index (χ0v) is 12.7. The predicted octanol–water partition coefficient (Wildman–Crippen LogP) is 4.06. The molecule has 0 saturated carbocycles. The number of hydrogen-bond donors (Lipinski definition) is 2. The summed E-state index contributed by atoms with van der Waals surface area (Å²) in [4.78, 5) is 23.7. The number of anilines is 1. The van der Waals surface area contributed by atoms with E-state index in [1.165, 1.54) is 23.5 Å². The Hall–Kier alpha value is -2.11. The van der Waals surface area contributed by atoms with Crippen LogP contribution in [-0.2, 0) is 4.79 Å². The molecule has 0 bridgehead atoms. The molecule has 4 nitrogen and oxygen atoms in total. The van der Waals surface area contributed by atoms with Crippen molar-refractivity contribution >= 4 is 45.9 Å². The van der Waals surface area contributed by atoms with Crippen LogP contribution in [0.15, 0.2) is 36.4 Å². The fourth-order valence-electron chi connectivity index (χ4n) is 1.67. The van der Waals surface area contributed by atoms with Crippen molar-refractivity contribution in [1.82, 2.24) is 0 Å². The molecule has 6 heteroatoms. The first-order valence-corrected chi connectivity index (χ1v) is 7.23. The van der Waals surface area contributed by atoms with Gasteiger partial charge in [0.2, 0.25) is 5.91 Å². The molecule has 0 aliphatic rings. The number of aromatic carboxylic acids is 1. The van der Waals surface area contributed by atoms with Crippen LogP contribution >= 0.6 is 22.9 Å². The first kappa shape index (κ1) is 15.3. The maximum Gasteiger partial charge on any atom is 0.338 e. The molecule has 1 aromatic heterocycles. The zero-order valence-electron chi connectivity index (χ0n) is 11.1. The smallest absolute Gasteiger partial charge is 0.338 e. The molecule has 1 amide bonds. The maximum absolute atomic E-state index is 11.8. The molecule has 2 N–H and O–H groups in total. The summed E-state index contributed by atoms with van der Waals surface area (Å²) < 4.78 is 0. The molecular formula is C15H12ClNO3S. The number of benzene rings is 1. The topological polar surface area (TPSA) is 66.4 Å². The summed E-state index contributed by atoms with van der Waals surface area (Å²) in [5.41, 5.74) is 0.932. The van der Waals surface area contributed by atoms with Gasteiger partial charge in [-0.05, 0) is 36.8 Å². The molecule has 21 heavy (non-hydrogen) atoms. The SMILES string of the molecule is Cc1cc(C(=O)O)c(NC(=O)C=Cc2ccc(Cl)cc2)s1. The van der Waals surface area contributed by atoms with Crippen LogP contribution in [0.25, 0.3) is 6.08 Å². The van der Waals surface area contributed by atoms with Gasteiger partial charge >= 0.3 is 5.97 Å². The monoisotopic (exact) mass is 321 g/mol. The lowest BCUT2D eigenvalue weighted by molar-refractivity contribution is -0.111. The summed E-state index contributed by atoms with van der Waals surface area (Å²) in [5.74, 6) is -1.44. The largest absolute Gasteiger partial charge is 0.478 e. The zero-order chi connectivity index (χ0) is 15.4. The minimum atomic E-state index is -1.06. The highest BCUT2D eigenvalue weighted by molar-refractivity contribution is 7.16. The molecule has 0 atom stereocenters. The molecule has 0 spiro atoms. The number of amides is 1. The van der Waals surface area contributed by atoms with Crippen LogP contribution in [0.3, 0.4) is 0 Å². The second kappa shape index (κ2) is 6.56. The average Bonchev–Trinajstić information content (AvgIpc) is 2.79. The van der Waals surface area contributed by atoms with Crippen molar-refractivity contribution in [3.63, 3.8) is 0 Å². The van der Waals surface area contributed by atoms with Crippen molar-refractivity contribution in [3.8, 4) is 0 Å². The molecule has 2 rings (SSSR count). The first-order valence-electron chi connectivity index (χ1n) is 6.04. The number of rotatable bonds is 4. The van der Waals surface area contributed by atoms with E-state index in [1.54, 1.807) is 37.3 Å². The summed E-state index contributed by atoms with van der Waals surface area (Å²) in [7, 11) is 0. The van der Waals surface area contributed by atoms with Gasteiger partial charge in [-0.1, -0.05) is 23.7 Å². The van der Waals surface area contributed by atoms with Gasteiger partial charge in [-0.15, -0.1) is 11.3 Å². The molecule has 108 valence electrons. The third kappa shape index (κ3) is 4.18. The highest BCUT2D eigenvalue weighted by Gasteiger charge is 2.14. The van der Waals surface area contributed by atoms with E-state index in [1.807, 2.05) is 0 Å². The van der Waals surface area contributed by atoms with Gasteiger partial charge in [0.25, 0.3) is 0 Å². The summed E-state index contributed by atoms with van der Waals surface area (Å²) in [6, 6.07) is 8.55. The van der Waals surface area contributed by atoms with Crippen molar-refractivity contribution in [2.45, 2.75) is 6.92 Å². The predicted molar refractivity (Wildman–Crippen MR) is 85.1 cm³/mol. The Balaban J connectivity index is 2.08.